The molecule has 0 aliphatic heterocycles. The molecule has 90 valence electrons. The summed E-state index contributed by atoms with van der Waals surface area (Å²) in [4.78, 5) is 15.3. The molecule has 0 saturated carbocycles. The number of hydrogen-bond donors (Lipinski definition) is 2. The van der Waals surface area contributed by atoms with Gasteiger partial charge in [0.1, 0.15) is 6.10 Å². The zero-order valence-corrected chi connectivity index (χ0v) is 8.73. The van der Waals surface area contributed by atoms with Crippen molar-refractivity contribution in [2.24, 2.45) is 0 Å². The van der Waals surface area contributed by atoms with Crippen LogP contribution in [0.15, 0.2) is 17.2 Å². The topological polar surface area (TPSA) is 67.2 Å². The molecule has 7 heteroatoms. The number of halogens is 2. The Morgan fingerprint density at radius 1 is 1.62 bits per heavy atom. The SMILES string of the molecule is CCn1ccnc(NCC(O)C(F)F)c1=O. The minimum Gasteiger partial charge on any atom is -0.385 e. The van der Waals surface area contributed by atoms with Crippen molar-refractivity contribution in [3.8, 4) is 0 Å². The first-order valence-corrected chi connectivity index (χ1v) is 4.81. The molecule has 1 aromatic rings. The third kappa shape index (κ3) is 2.99. The van der Waals surface area contributed by atoms with Gasteiger partial charge in [0.25, 0.3) is 12.0 Å². The molecule has 16 heavy (non-hydrogen) atoms. The van der Waals surface area contributed by atoms with Crippen molar-refractivity contribution < 1.29 is 13.9 Å². The predicted octanol–water partition coefficient (Wildman–Crippen LogP) is 0.301. The van der Waals surface area contributed by atoms with Gasteiger partial charge in [0, 0.05) is 25.5 Å². The fourth-order valence-corrected chi connectivity index (χ4v) is 1.11. The van der Waals surface area contributed by atoms with Gasteiger partial charge < -0.3 is 15.0 Å². The summed E-state index contributed by atoms with van der Waals surface area (Å²) >= 11 is 0. The lowest BCUT2D eigenvalue weighted by molar-refractivity contribution is 0.00379. The van der Waals surface area contributed by atoms with Crippen molar-refractivity contribution in [1.82, 2.24) is 9.55 Å². The lowest BCUT2D eigenvalue weighted by Gasteiger charge is -2.11. The smallest absolute Gasteiger partial charge is 0.293 e. The van der Waals surface area contributed by atoms with Crippen molar-refractivity contribution >= 4 is 5.82 Å². The number of aliphatic hydroxyl groups is 1. The van der Waals surface area contributed by atoms with Gasteiger partial charge >= 0.3 is 0 Å². The normalized spacial score (nSPS) is 12.8. The Kier molecular flexibility index (Phi) is 4.36. The largest absolute Gasteiger partial charge is 0.385 e. The predicted molar refractivity (Wildman–Crippen MR) is 54.7 cm³/mol. The second-order valence-electron chi connectivity index (χ2n) is 3.15. The van der Waals surface area contributed by atoms with Crippen LogP contribution < -0.4 is 10.9 Å². The van der Waals surface area contributed by atoms with E-state index in [-0.39, 0.29) is 5.82 Å². The highest BCUT2D eigenvalue weighted by Gasteiger charge is 2.17. The fraction of sp³-hybridized carbons (Fsp3) is 0.556. The molecule has 5 nitrogen and oxygen atoms in total. The first kappa shape index (κ1) is 12.6. The van der Waals surface area contributed by atoms with E-state index in [0.29, 0.717) is 6.54 Å². The molecule has 1 unspecified atom stereocenters. The molecule has 0 amide bonds. The Bertz CT molecular complexity index is 395. The molecule has 0 aromatic carbocycles. The summed E-state index contributed by atoms with van der Waals surface area (Å²) in [5.41, 5.74) is -0.397. The Balaban J connectivity index is 2.71. The summed E-state index contributed by atoms with van der Waals surface area (Å²) < 4.78 is 25.3. The third-order valence-electron chi connectivity index (χ3n) is 2.02. The lowest BCUT2D eigenvalue weighted by Crippen LogP contribution is -2.31. The molecule has 0 fully saturated rings. The van der Waals surface area contributed by atoms with Crippen LogP contribution in [-0.2, 0) is 6.54 Å². The minimum absolute atomic E-state index is 0.0379. The van der Waals surface area contributed by atoms with E-state index in [0.717, 1.165) is 0 Å². The van der Waals surface area contributed by atoms with Crippen LogP contribution in [0.4, 0.5) is 14.6 Å². The summed E-state index contributed by atoms with van der Waals surface area (Å²) in [7, 11) is 0. The standard InChI is InChI=1S/C9H13F2N3O2/c1-2-14-4-3-12-8(9(14)16)13-5-6(15)7(10)11/h3-4,6-7,15H,2,5H2,1H3,(H,12,13). The quantitative estimate of drug-likeness (QED) is 0.767. The summed E-state index contributed by atoms with van der Waals surface area (Å²) in [5.74, 6) is -0.0379. The molecule has 1 atom stereocenters. The van der Waals surface area contributed by atoms with Gasteiger partial charge in [-0.15, -0.1) is 0 Å². The molecule has 0 spiro atoms. The van der Waals surface area contributed by atoms with Crippen LogP contribution in [0.2, 0.25) is 0 Å². The van der Waals surface area contributed by atoms with Crippen LogP contribution in [0.5, 0.6) is 0 Å². The average molecular weight is 233 g/mol. The van der Waals surface area contributed by atoms with E-state index in [4.69, 9.17) is 5.11 Å². The van der Waals surface area contributed by atoms with E-state index >= 15 is 0 Å². The summed E-state index contributed by atoms with van der Waals surface area (Å²) in [6, 6.07) is 0. The van der Waals surface area contributed by atoms with Crippen molar-refractivity contribution in [2.75, 3.05) is 11.9 Å². The average Bonchev–Trinajstić information content (AvgIpc) is 2.27. The highest BCUT2D eigenvalue weighted by atomic mass is 19.3. The first-order chi connectivity index (χ1) is 7.56. The lowest BCUT2D eigenvalue weighted by atomic mass is 10.3. The third-order valence-corrected chi connectivity index (χ3v) is 2.02. The number of nitrogens with zero attached hydrogens (tertiary/aromatic N) is 2. The second-order valence-corrected chi connectivity index (χ2v) is 3.15. The maximum Gasteiger partial charge on any atom is 0.293 e. The van der Waals surface area contributed by atoms with Crippen LogP contribution >= 0.6 is 0 Å². The van der Waals surface area contributed by atoms with Crippen molar-refractivity contribution in [3.63, 3.8) is 0 Å². The van der Waals surface area contributed by atoms with Gasteiger partial charge in [0.15, 0.2) is 5.82 Å². The summed E-state index contributed by atoms with van der Waals surface area (Å²) in [5, 5.41) is 11.3. The highest BCUT2D eigenvalue weighted by molar-refractivity contribution is 5.30. The maximum absolute atomic E-state index is 12.0. The minimum atomic E-state index is -2.84. The van der Waals surface area contributed by atoms with Crippen LogP contribution in [-0.4, -0.2) is 33.7 Å². The van der Waals surface area contributed by atoms with Crippen LogP contribution in [0.1, 0.15) is 6.92 Å². The van der Waals surface area contributed by atoms with E-state index in [1.807, 2.05) is 0 Å². The number of aryl methyl sites for hydroxylation is 1. The molecule has 0 saturated heterocycles. The zero-order chi connectivity index (χ0) is 12.1. The Labute approximate surface area is 90.7 Å². The van der Waals surface area contributed by atoms with Gasteiger partial charge in [0.05, 0.1) is 0 Å². The van der Waals surface area contributed by atoms with Crippen LogP contribution in [0.3, 0.4) is 0 Å². The molecule has 1 heterocycles. The number of alkyl halides is 2. The number of nitrogens with one attached hydrogen (secondary N) is 1. The molecule has 1 aromatic heterocycles. The van der Waals surface area contributed by atoms with E-state index in [2.05, 4.69) is 10.3 Å². The molecule has 0 radical (unpaired) electrons. The van der Waals surface area contributed by atoms with Crippen molar-refractivity contribution in [2.45, 2.75) is 26.0 Å². The van der Waals surface area contributed by atoms with Gasteiger partial charge in [0.2, 0.25) is 0 Å². The van der Waals surface area contributed by atoms with Gasteiger partial charge in [-0.1, -0.05) is 0 Å². The number of aliphatic hydroxyl groups excluding tert-OH is 1. The van der Waals surface area contributed by atoms with Gasteiger partial charge in [-0.2, -0.15) is 0 Å². The number of hydrogen-bond acceptors (Lipinski definition) is 4. The van der Waals surface area contributed by atoms with Crippen LogP contribution in [0, 0.1) is 0 Å². The Morgan fingerprint density at radius 3 is 2.88 bits per heavy atom. The molecule has 0 aliphatic rings. The molecule has 1 rings (SSSR count). The van der Waals surface area contributed by atoms with E-state index in [1.54, 1.807) is 6.92 Å². The Hall–Kier alpha value is -1.50. The number of aromatic nitrogens is 2. The van der Waals surface area contributed by atoms with Crippen LogP contribution in [0.25, 0.3) is 0 Å². The zero-order valence-electron chi connectivity index (χ0n) is 8.73. The number of rotatable bonds is 5. The molecule has 0 bridgehead atoms. The summed E-state index contributed by atoms with van der Waals surface area (Å²) in [6.07, 6.45) is -1.76. The molecule has 0 aliphatic carbocycles. The maximum atomic E-state index is 12.0. The molecular formula is C9H13F2N3O2. The highest BCUT2D eigenvalue weighted by Crippen LogP contribution is 2.01. The van der Waals surface area contributed by atoms with E-state index in [1.165, 1.54) is 17.0 Å². The first-order valence-electron chi connectivity index (χ1n) is 4.81. The molecule has 2 N–H and O–H groups in total. The van der Waals surface area contributed by atoms with Gasteiger partial charge in [-0.05, 0) is 6.92 Å². The summed E-state index contributed by atoms with van der Waals surface area (Å²) in [6.45, 7) is 1.83. The van der Waals surface area contributed by atoms with Gasteiger partial charge in [-0.3, -0.25) is 4.79 Å². The Morgan fingerprint density at radius 2 is 2.31 bits per heavy atom. The number of anilines is 1. The van der Waals surface area contributed by atoms with Crippen molar-refractivity contribution in [3.05, 3.63) is 22.7 Å². The van der Waals surface area contributed by atoms with Gasteiger partial charge in [-0.25, -0.2) is 13.8 Å². The van der Waals surface area contributed by atoms with E-state index in [9.17, 15) is 13.6 Å². The molecular weight excluding hydrogens is 220 g/mol. The monoisotopic (exact) mass is 233 g/mol. The second kappa shape index (κ2) is 5.55. The van der Waals surface area contributed by atoms with Crippen molar-refractivity contribution in [1.29, 1.82) is 0 Å². The van der Waals surface area contributed by atoms with E-state index < -0.39 is 24.6 Å². The fourth-order valence-electron chi connectivity index (χ4n) is 1.11.